The lowest BCUT2D eigenvalue weighted by molar-refractivity contribution is 0.0697. The van der Waals surface area contributed by atoms with Crippen LogP contribution in [0.25, 0.3) is 0 Å². The number of nitrogens with zero attached hydrogens (tertiary/aromatic N) is 3. The molecule has 1 aromatic carbocycles. The molecule has 1 heterocycles. The Labute approximate surface area is 141 Å². The first kappa shape index (κ1) is 17.7. The third-order valence-corrected chi connectivity index (χ3v) is 3.32. The zero-order valence-electron chi connectivity index (χ0n) is 14.2. The maximum atomic E-state index is 10.9. The normalized spacial score (nSPS) is 10.7. The van der Waals surface area contributed by atoms with Gasteiger partial charge in [-0.15, -0.1) is 0 Å². The van der Waals surface area contributed by atoms with Crippen LogP contribution in [0.15, 0.2) is 30.3 Å². The highest BCUT2D eigenvalue weighted by atomic mass is 16.4. The highest BCUT2D eigenvalue weighted by Crippen LogP contribution is 2.17. The van der Waals surface area contributed by atoms with Gasteiger partial charge in [0.2, 0.25) is 5.95 Å². The van der Waals surface area contributed by atoms with Crippen LogP contribution in [0.4, 0.5) is 17.5 Å². The molecule has 128 valence electrons. The van der Waals surface area contributed by atoms with Crippen molar-refractivity contribution < 1.29 is 9.90 Å². The van der Waals surface area contributed by atoms with Gasteiger partial charge in [0.25, 0.3) is 0 Å². The molecule has 0 saturated carbocycles. The third kappa shape index (κ3) is 5.51. The number of carboxylic acids is 1. The van der Waals surface area contributed by atoms with Crippen LogP contribution < -0.4 is 10.6 Å². The third-order valence-electron chi connectivity index (χ3n) is 3.32. The van der Waals surface area contributed by atoms with E-state index in [9.17, 15) is 4.79 Å². The standard InChI is InChI=1S/C17H23N5O2/c1-12-11-15(20-14-7-5-13(6-8-14)16(23)24)21-17(19-12)18-9-4-10-22(2)3/h5-8,11H,4,9-10H2,1-3H3,(H,23,24)(H2,18,19,20,21). The molecule has 0 aliphatic carbocycles. The molecule has 0 fully saturated rings. The van der Waals surface area contributed by atoms with E-state index in [1.165, 1.54) is 0 Å². The van der Waals surface area contributed by atoms with Crippen molar-refractivity contribution in [3.8, 4) is 0 Å². The Morgan fingerprint density at radius 3 is 2.54 bits per heavy atom. The Kier molecular flexibility index (Phi) is 6.08. The molecule has 0 bridgehead atoms. The van der Waals surface area contributed by atoms with Crippen molar-refractivity contribution in [1.29, 1.82) is 0 Å². The lowest BCUT2D eigenvalue weighted by Gasteiger charge is -2.12. The fourth-order valence-corrected chi connectivity index (χ4v) is 2.15. The molecule has 7 heteroatoms. The Morgan fingerprint density at radius 1 is 1.21 bits per heavy atom. The fourth-order valence-electron chi connectivity index (χ4n) is 2.15. The molecule has 0 aliphatic rings. The summed E-state index contributed by atoms with van der Waals surface area (Å²) in [6.45, 7) is 3.71. The summed E-state index contributed by atoms with van der Waals surface area (Å²) in [5.41, 5.74) is 1.88. The summed E-state index contributed by atoms with van der Waals surface area (Å²) in [6, 6.07) is 8.38. The highest BCUT2D eigenvalue weighted by Gasteiger charge is 2.05. The van der Waals surface area contributed by atoms with Crippen molar-refractivity contribution in [2.45, 2.75) is 13.3 Å². The van der Waals surface area contributed by atoms with Gasteiger partial charge in [0.05, 0.1) is 5.56 Å². The molecular formula is C17H23N5O2. The van der Waals surface area contributed by atoms with Gasteiger partial charge < -0.3 is 20.6 Å². The van der Waals surface area contributed by atoms with Crippen LogP contribution >= 0.6 is 0 Å². The first-order valence-electron chi connectivity index (χ1n) is 7.79. The number of carbonyl (C=O) groups is 1. The number of nitrogens with one attached hydrogen (secondary N) is 2. The summed E-state index contributed by atoms with van der Waals surface area (Å²) in [6.07, 6.45) is 1.00. The Bertz CT molecular complexity index is 686. The van der Waals surface area contributed by atoms with Crippen LogP contribution in [0.3, 0.4) is 0 Å². The quantitative estimate of drug-likeness (QED) is 0.641. The van der Waals surface area contributed by atoms with Crippen LogP contribution in [0.5, 0.6) is 0 Å². The van der Waals surface area contributed by atoms with Crippen molar-refractivity contribution in [1.82, 2.24) is 14.9 Å². The van der Waals surface area contributed by atoms with E-state index in [-0.39, 0.29) is 5.56 Å². The van der Waals surface area contributed by atoms with Gasteiger partial charge >= 0.3 is 5.97 Å². The Hall–Kier alpha value is -2.67. The van der Waals surface area contributed by atoms with Crippen molar-refractivity contribution in [3.63, 3.8) is 0 Å². The number of aryl methyl sites for hydroxylation is 1. The zero-order valence-corrected chi connectivity index (χ0v) is 14.2. The van der Waals surface area contributed by atoms with Gasteiger partial charge in [-0.3, -0.25) is 0 Å². The Morgan fingerprint density at radius 2 is 1.92 bits per heavy atom. The minimum atomic E-state index is -0.941. The van der Waals surface area contributed by atoms with Crippen LogP contribution in [-0.4, -0.2) is 53.1 Å². The van der Waals surface area contributed by atoms with Crippen LogP contribution in [0.2, 0.25) is 0 Å². The molecule has 2 aromatic rings. The van der Waals surface area contributed by atoms with Crippen LogP contribution in [-0.2, 0) is 0 Å². The number of aromatic carboxylic acids is 1. The lowest BCUT2D eigenvalue weighted by Crippen LogP contribution is -2.17. The van der Waals surface area contributed by atoms with E-state index in [0.717, 1.165) is 30.9 Å². The topological polar surface area (TPSA) is 90.4 Å². The second kappa shape index (κ2) is 8.26. The molecule has 1 aromatic heterocycles. The fraction of sp³-hybridized carbons (Fsp3) is 0.353. The van der Waals surface area contributed by atoms with Crippen molar-refractivity contribution in [2.24, 2.45) is 0 Å². The Balaban J connectivity index is 2.00. The molecule has 0 spiro atoms. The van der Waals surface area contributed by atoms with Crippen molar-refractivity contribution >= 4 is 23.4 Å². The summed E-state index contributed by atoms with van der Waals surface area (Å²) in [7, 11) is 4.08. The molecule has 0 atom stereocenters. The van der Waals surface area contributed by atoms with E-state index in [2.05, 4.69) is 25.5 Å². The summed E-state index contributed by atoms with van der Waals surface area (Å²) in [4.78, 5) is 21.8. The molecular weight excluding hydrogens is 306 g/mol. The monoisotopic (exact) mass is 329 g/mol. The minimum Gasteiger partial charge on any atom is -0.478 e. The number of aromatic nitrogens is 2. The number of benzene rings is 1. The largest absolute Gasteiger partial charge is 0.478 e. The summed E-state index contributed by atoms with van der Waals surface area (Å²) < 4.78 is 0. The first-order chi connectivity index (χ1) is 11.4. The molecule has 2 rings (SSSR count). The van der Waals surface area contributed by atoms with Crippen LogP contribution in [0, 0.1) is 6.92 Å². The SMILES string of the molecule is Cc1cc(Nc2ccc(C(=O)O)cc2)nc(NCCCN(C)C)n1. The number of hydrogen-bond acceptors (Lipinski definition) is 6. The van der Waals surface area contributed by atoms with E-state index in [1.54, 1.807) is 24.3 Å². The average molecular weight is 329 g/mol. The molecule has 24 heavy (non-hydrogen) atoms. The van der Waals surface area contributed by atoms with E-state index >= 15 is 0 Å². The smallest absolute Gasteiger partial charge is 0.335 e. The number of anilines is 3. The molecule has 3 N–H and O–H groups in total. The van der Waals surface area contributed by atoms with Gasteiger partial charge in [0.1, 0.15) is 5.82 Å². The maximum absolute atomic E-state index is 10.9. The lowest BCUT2D eigenvalue weighted by atomic mass is 10.2. The summed E-state index contributed by atoms with van der Waals surface area (Å²) >= 11 is 0. The van der Waals surface area contributed by atoms with Crippen LogP contribution in [0.1, 0.15) is 22.5 Å². The molecule has 7 nitrogen and oxygen atoms in total. The zero-order chi connectivity index (χ0) is 17.5. The van der Waals surface area contributed by atoms with Gasteiger partial charge in [-0.1, -0.05) is 0 Å². The van der Waals surface area contributed by atoms with E-state index in [0.29, 0.717) is 11.8 Å². The van der Waals surface area contributed by atoms with Gasteiger partial charge in [-0.05, 0) is 58.3 Å². The summed E-state index contributed by atoms with van der Waals surface area (Å²) in [5.74, 6) is 0.308. The van der Waals surface area contributed by atoms with Gasteiger partial charge in [-0.2, -0.15) is 4.98 Å². The molecule has 0 radical (unpaired) electrons. The van der Waals surface area contributed by atoms with Gasteiger partial charge in [0.15, 0.2) is 0 Å². The summed E-state index contributed by atoms with van der Waals surface area (Å²) in [5, 5.41) is 15.3. The second-order valence-corrected chi connectivity index (χ2v) is 5.81. The number of rotatable bonds is 8. The average Bonchev–Trinajstić information content (AvgIpc) is 2.51. The number of hydrogen-bond donors (Lipinski definition) is 3. The highest BCUT2D eigenvalue weighted by molar-refractivity contribution is 5.88. The number of carboxylic acid groups (broad SMARTS) is 1. The predicted octanol–water partition coefficient (Wildman–Crippen LogP) is 2.59. The molecule has 0 amide bonds. The predicted molar refractivity (Wildman–Crippen MR) is 95.1 cm³/mol. The first-order valence-corrected chi connectivity index (χ1v) is 7.79. The van der Waals surface area contributed by atoms with Crippen molar-refractivity contribution in [2.75, 3.05) is 37.8 Å². The minimum absolute atomic E-state index is 0.252. The van der Waals surface area contributed by atoms with E-state index < -0.39 is 5.97 Å². The second-order valence-electron chi connectivity index (χ2n) is 5.81. The van der Waals surface area contributed by atoms with E-state index in [4.69, 9.17) is 5.11 Å². The van der Waals surface area contributed by atoms with E-state index in [1.807, 2.05) is 27.1 Å². The maximum Gasteiger partial charge on any atom is 0.335 e. The molecule has 0 saturated heterocycles. The molecule has 0 aliphatic heterocycles. The van der Waals surface area contributed by atoms with Crippen molar-refractivity contribution in [3.05, 3.63) is 41.6 Å². The van der Waals surface area contributed by atoms with Gasteiger partial charge in [-0.25, -0.2) is 9.78 Å². The van der Waals surface area contributed by atoms with Gasteiger partial charge in [0, 0.05) is 24.0 Å². The molecule has 0 unspecified atom stereocenters.